The van der Waals surface area contributed by atoms with Gasteiger partial charge in [-0.15, -0.1) is 0 Å². The number of hydrogen-bond donors (Lipinski definition) is 1. The van der Waals surface area contributed by atoms with E-state index in [2.05, 4.69) is 10.4 Å². The summed E-state index contributed by atoms with van der Waals surface area (Å²) >= 11 is 0. The van der Waals surface area contributed by atoms with Gasteiger partial charge in [0.1, 0.15) is 0 Å². The van der Waals surface area contributed by atoms with Crippen LogP contribution in [0.15, 0.2) is 42.7 Å². The molecule has 1 heterocycles. The Morgan fingerprint density at radius 3 is 2.79 bits per heavy atom. The lowest BCUT2D eigenvalue weighted by Gasteiger charge is -2.06. The van der Waals surface area contributed by atoms with Gasteiger partial charge in [-0.25, -0.2) is 0 Å². The highest BCUT2D eigenvalue weighted by Crippen LogP contribution is 2.03. The van der Waals surface area contributed by atoms with Crippen LogP contribution in [0.25, 0.3) is 0 Å². The third-order valence-electron chi connectivity index (χ3n) is 2.93. The maximum atomic E-state index is 11.7. The zero-order valence-corrected chi connectivity index (χ0v) is 11.2. The zero-order valence-electron chi connectivity index (χ0n) is 11.2. The number of aryl methyl sites for hydroxylation is 2. The highest BCUT2D eigenvalue weighted by atomic mass is 16.1. The fourth-order valence-corrected chi connectivity index (χ4v) is 1.86. The number of rotatable bonds is 6. The Balaban J connectivity index is 1.65. The molecule has 100 valence electrons. The van der Waals surface area contributed by atoms with Crippen molar-refractivity contribution in [2.24, 2.45) is 0 Å². The van der Waals surface area contributed by atoms with E-state index < -0.39 is 0 Å². The molecule has 0 aliphatic heterocycles. The van der Waals surface area contributed by atoms with E-state index in [1.165, 1.54) is 5.56 Å². The first-order valence-electron chi connectivity index (χ1n) is 6.54. The normalized spacial score (nSPS) is 10.4. The van der Waals surface area contributed by atoms with Crippen molar-refractivity contribution in [1.82, 2.24) is 15.1 Å². The van der Waals surface area contributed by atoms with E-state index in [0.29, 0.717) is 13.0 Å². The van der Waals surface area contributed by atoms with Crippen LogP contribution in [0.2, 0.25) is 0 Å². The van der Waals surface area contributed by atoms with Gasteiger partial charge in [0, 0.05) is 25.5 Å². The van der Waals surface area contributed by atoms with Crippen LogP contribution in [0.4, 0.5) is 0 Å². The lowest BCUT2D eigenvalue weighted by molar-refractivity contribution is -0.120. The summed E-state index contributed by atoms with van der Waals surface area (Å²) in [6.45, 7) is 3.56. The second-order valence-corrected chi connectivity index (χ2v) is 4.64. The van der Waals surface area contributed by atoms with E-state index in [0.717, 1.165) is 18.5 Å². The van der Waals surface area contributed by atoms with Gasteiger partial charge in [-0.3, -0.25) is 9.48 Å². The number of carbonyl (C=O) groups is 1. The molecule has 0 saturated carbocycles. The van der Waals surface area contributed by atoms with Crippen LogP contribution in [0, 0.1) is 6.92 Å². The molecule has 4 heteroatoms. The van der Waals surface area contributed by atoms with Gasteiger partial charge in [-0.05, 0) is 25.0 Å². The quantitative estimate of drug-likeness (QED) is 0.804. The van der Waals surface area contributed by atoms with Gasteiger partial charge in [0.25, 0.3) is 0 Å². The van der Waals surface area contributed by atoms with Gasteiger partial charge in [0.2, 0.25) is 5.91 Å². The van der Waals surface area contributed by atoms with E-state index >= 15 is 0 Å². The van der Waals surface area contributed by atoms with Crippen molar-refractivity contribution in [3.8, 4) is 0 Å². The Morgan fingerprint density at radius 1 is 1.32 bits per heavy atom. The number of nitrogens with one attached hydrogen (secondary N) is 1. The second-order valence-electron chi connectivity index (χ2n) is 4.64. The molecule has 0 atom stereocenters. The average Bonchev–Trinajstić information content (AvgIpc) is 2.91. The molecule has 0 saturated heterocycles. The Morgan fingerprint density at radius 2 is 2.11 bits per heavy atom. The standard InChI is InChI=1S/C15H19N3O/c1-13-4-6-14(7-5-13)12-15(19)16-8-2-10-18-11-3-9-17-18/h3-7,9,11H,2,8,10,12H2,1H3,(H,16,19). The summed E-state index contributed by atoms with van der Waals surface area (Å²) in [6.07, 6.45) is 5.02. The molecule has 0 bridgehead atoms. The minimum Gasteiger partial charge on any atom is -0.356 e. The van der Waals surface area contributed by atoms with E-state index in [1.54, 1.807) is 6.20 Å². The Bertz CT molecular complexity index is 503. The SMILES string of the molecule is Cc1ccc(CC(=O)NCCCn2cccn2)cc1. The third kappa shape index (κ3) is 4.58. The molecule has 19 heavy (non-hydrogen) atoms. The molecular formula is C15H19N3O. The predicted molar refractivity (Wildman–Crippen MR) is 74.7 cm³/mol. The number of nitrogens with zero attached hydrogens (tertiary/aromatic N) is 2. The first-order valence-corrected chi connectivity index (χ1v) is 6.54. The molecule has 1 aromatic carbocycles. The van der Waals surface area contributed by atoms with Crippen molar-refractivity contribution in [3.63, 3.8) is 0 Å². The Kier molecular flexibility index (Phi) is 4.72. The monoisotopic (exact) mass is 257 g/mol. The van der Waals surface area contributed by atoms with Gasteiger partial charge in [0.05, 0.1) is 6.42 Å². The number of aromatic nitrogens is 2. The molecule has 0 radical (unpaired) electrons. The molecule has 0 unspecified atom stereocenters. The number of amides is 1. The summed E-state index contributed by atoms with van der Waals surface area (Å²) in [6, 6.07) is 9.95. The molecule has 2 aromatic rings. The molecular weight excluding hydrogens is 238 g/mol. The van der Waals surface area contributed by atoms with Crippen molar-refractivity contribution in [2.45, 2.75) is 26.3 Å². The first kappa shape index (κ1) is 13.3. The van der Waals surface area contributed by atoms with Gasteiger partial charge in [-0.1, -0.05) is 29.8 Å². The first-order chi connectivity index (χ1) is 9.24. The van der Waals surface area contributed by atoms with Crippen LogP contribution in [0.1, 0.15) is 17.5 Å². The van der Waals surface area contributed by atoms with Gasteiger partial charge in [-0.2, -0.15) is 5.10 Å². The van der Waals surface area contributed by atoms with Crippen LogP contribution < -0.4 is 5.32 Å². The van der Waals surface area contributed by atoms with Crippen LogP contribution in [-0.2, 0) is 17.8 Å². The van der Waals surface area contributed by atoms with Crippen molar-refractivity contribution in [2.75, 3.05) is 6.54 Å². The van der Waals surface area contributed by atoms with Gasteiger partial charge in [0.15, 0.2) is 0 Å². The molecule has 0 aliphatic carbocycles. The maximum Gasteiger partial charge on any atom is 0.224 e. The molecule has 4 nitrogen and oxygen atoms in total. The zero-order chi connectivity index (χ0) is 13.5. The van der Waals surface area contributed by atoms with Crippen LogP contribution in [0.3, 0.4) is 0 Å². The third-order valence-corrected chi connectivity index (χ3v) is 2.93. The molecule has 1 amide bonds. The van der Waals surface area contributed by atoms with Crippen molar-refractivity contribution in [1.29, 1.82) is 0 Å². The Labute approximate surface area is 113 Å². The summed E-state index contributed by atoms with van der Waals surface area (Å²) in [4.78, 5) is 11.7. The fraction of sp³-hybridized carbons (Fsp3) is 0.333. The van der Waals surface area contributed by atoms with Gasteiger partial charge < -0.3 is 5.32 Å². The number of carbonyl (C=O) groups excluding carboxylic acids is 1. The number of benzene rings is 1. The van der Waals surface area contributed by atoms with Crippen molar-refractivity contribution in [3.05, 3.63) is 53.9 Å². The van der Waals surface area contributed by atoms with Crippen molar-refractivity contribution >= 4 is 5.91 Å². The van der Waals surface area contributed by atoms with E-state index in [-0.39, 0.29) is 5.91 Å². The Hall–Kier alpha value is -2.10. The highest BCUT2D eigenvalue weighted by Gasteiger charge is 2.02. The second kappa shape index (κ2) is 6.73. The highest BCUT2D eigenvalue weighted by molar-refractivity contribution is 5.78. The van der Waals surface area contributed by atoms with Crippen molar-refractivity contribution < 1.29 is 4.79 Å². The lowest BCUT2D eigenvalue weighted by Crippen LogP contribution is -2.26. The fourth-order valence-electron chi connectivity index (χ4n) is 1.86. The molecule has 0 aliphatic rings. The summed E-state index contributed by atoms with van der Waals surface area (Å²) in [5.41, 5.74) is 2.26. The number of hydrogen-bond acceptors (Lipinski definition) is 2. The van der Waals surface area contributed by atoms with Crippen LogP contribution in [0.5, 0.6) is 0 Å². The smallest absolute Gasteiger partial charge is 0.224 e. The molecule has 0 fully saturated rings. The molecule has 0 spiro atoms. The molecule has 1 aromatic heterocycles. The average molecular weight is 257 g/mol. The minimum atomic E-state index is 0.0734. The maximum absolute atomic E-state index is 11.7. The summed E-state index contributed by atoms with van der Waals surface area (Å²) in [5.74, 6) is 0.0734. The minimum absolute atomic E-state index is 0.0734. The van der Waals surface area contributed by atoms with Crippen LogP contribution in [-0.4, -0.2) is 22.2 Å². The summed E-state index contributed by atoms with van der Waals surface area (Å²) < 4.78 is 1.87. The van der Waals surface area contributed by atoms with E-state index in [4.69, 9.17) is 0 Å². The lowest BCUT2D eigenvalue weighted by atomic mass is 10.1. The molecule has 1 N–H and O–H groups in total. The largest absolute Gasteiger partial charge is 0.356 e. The topological polar surface area (TPSA) is 46.9 Å². The molecule has 2 rings (SSSR count). The summed E-state index contributed by atoms with van der Waals surface area (Å²) in [7, 11) is 0. The summed E-state index contributed by atoms with van der Waals surface area (Å²) in [5, 5.41) is 7.04. The van der Waals surface area contributed by atoms with Gasteiger partial charge >= 0.3 is 0 Å². The van der Waals surface area contributed by atoms with Crippen LogP contribution >= 0.6 is 0 Å². The predicted octanol–water partition coefficient (Wildman–Crippen LogP) is 1.94. The van der Waals surface area contributed by atoms with E-state index in [9.17, 15) is 4.79 Å². The van der Waals surface area contributed by atoms with E-state index in [1.807, 2.05) is 48.1 Å².